The molecule has 1 unspecified atom stereocenters. The van der Waals surface area contributed by atoms with Crippen LogP contribution in [0.1, 0.15) is 44.7 Å². The van der Waals surface area contributed by atoms with Gasteiger partial charge in [0.15, 0.2) is 0 Å². The van der Waals surface area contributed by atoms with E-state index in [4.69, 9.17) is 4.74 Å². The summed E-state index contributed by atoms with van der Waals surface area (Å²) in [5, 5.41) is 3.35. The Morgan fingerprint density at radius 1 is 1.53 bits per heavy atom. The molecular formula is C14H22N2O. The van der Waals surface area contributed by atoms with Gasteiger partial charge in [-0.1, -0.05) is 13.8 Å². The number of piperidine rings is 1. The van der Waals surface area contributed by atoms with E-state index in [2.05, 4.69) is 30.2 Å². The summed E-state index contributed by atoms with van der Waals surface area (Å²) in [6.45, 7) is 6.45. The van der Waals surface area contributed by atoms with Gasteiger partial charge in [0.25, 0.3) is 0 Å². The molecule has 17 heavy (non-hydrogen) atoms. The van der Waals surface area contributed by atoms with Crippen molar-refractivity contribution in [3.63, 3.8) is 0 Å². The van der Waals surface area contributed by atoms with Crippen LogP contribution in [0, 0.1) is 0 Å². The van der Waals surface area contributed by atoms with Gasteiger partial charge in [0, 0.05) is 12.2 Å². The molecule has 0 aromatic carbocycles. The first-order chi connectivity index (χ1) is 8.29. The number of hydrogen-bond donors (Lipinski definition) is 1. The smallest absolute Gasteiger partial charge is 0.138 e. The predicted octanol–water partition coefficient (Wildman–Crippen LogP) is 2.73. The maximum Gasteiger partial charge on any atom is 0.138 e. The molecule has 1 aliphatic heterocycles. The fourth-order valence-corrected chi connectivity index (χ4v) is 2.07. The van der Waals surface area contributed by atoms with Crippen molar-refractivity contribution in [2.24, 2.45) is 0 Å². The van der Waals surface area contributed by atoms with Crippen LogP contribution in [0.4, 0.5) is 0 Å². The SMILES string of the molecule is CCC(C)c1ccc(O[C@H]2CCCNC2)cn1. The van der Waals surface area contributed by atoms with E-state index < -0.39 is 0 Å². The molecule has 0 saturated carbocycles. The molecule has 3 nitrogen and oxygen atoms in total. The normalized spacial score (nSPS) is 22.1. The average molecular weight is 234 g/mol. The second kappa shape index (κ2) is 6.01. The van der Waals surface area contributed by atoms with Gasteiger partial charge in [-0.25, -0.2) is 0 Å². The third-order valence-electron chi connectivity index (χ3n) is 3.43. The summed E-state index contributed by atoms with van der Waals surface area (Å²) in [6.07, 6.45) is 5.62. The monoisotopic (exact) mass is 234 g/mol. The molecule has 94 valence electrons. The third-order valence-corrected chi connectivity index (χ3v) is 3.43. The molecule has 2 atom stereocenters. The van der Waals surface area contributed by atoms with Crippen LogP contribution in [0.5, 0.6) is 5.75 Å². The van der Waals surface area contributed by atoms with E-state index >= 15 is 0 Å². The van der Waals surface area contributed by atoms with E-state index in [-0.39, 0.29) is 0 Å². The van der Waals surface area contributed by atoms with E-state index in [0.717, 1.165) is 37.4 Å². The van der Waals surface area contributed by atoms with Crippen molar-refractivity contribution < 1.29 is 4.74 Å². The van der Waals surface area contributed by atoms with Gasteiger partial charge in [0.1, 0.15) is 11.9 Å². The van der Waals surface area contributed by atoms with Crippen molar-refractivity contribution in [3.8, 4) is 5.75 Å². The highest BCUT2D eigenvalue weighted by molar-refractivity contribution is 5.21. The average Bonchev–Trinajstić information content (AvgIpc) is 2.40. The van der Waals surface area contributed by atoms with Crippen LogP contribution < -0.4 is 10.1 Å². The number of ether oxygens (including phenoxy) is 1. The Bertz CT molecular complexity index is 331. The quantitative estimate of drug-likeness (QED) is 0.869. The maximum atomic E-state index is 5.90. The fourth-order valence-electron chi connectivity index (χ4n) is 2.07. The molecule has 0 aliphatic carbocycles. The lowest BCUT2D eigenvalue weighted by atomic mass is 10.0. The standard InChI is InChI=1S/C14H22N2O/c1-3-11(2)14-7-6-13(10-16-14)17-12-5-4-8-15-9-12/h6-7,10-12,15H,3-5,8-9H2,1-2H3/t11?,12-/m0/s1. The molecule has 2 rings (SSSR count). The van der Waals surface area contributed by atoms with E-state index in [9.17, 15) is 0 Å². The summed E-state index contributed by atoms with van der Waals surface area (Å²) in [4.78, 5) is 4.47. The summed E-state index contributed by atoms with van der Waals surface area (Å²) >= 11 is 0. The molecule has 1 saturated heterocycles. The van der Waals surface area contributed by atoms with Gasteiger partial charge in [-0.3, -0.25) is 4.98 Å². The molecule has 0 bridgehead atoms. The van der Waals surface area contributed by atoms with E-state index in [0.29, 0.717) is 12.0 Å². The Hall–Kier alpha value is -1.09. The highest BCUT2D eigenvalue weighted by Gasteiger charge is 2.14. The largest absolute Gasteiger partial charge is 0.487 e. The Balaban J connectivity index is 1.93. The van der Waals surface area contributed by atoms with Crippen LogP contribution in [-0.2, 0) is 0 Å². The number of aromatic nitrogens is 1. The first kappa shape index (κ1) is 12.4. The lowest BCUT2D eigenvalue weighted by Gasteiger charge is -2.23. The second-order valence-corrected chi connectivity index (χ2v) is 4.81. The topological polar surface area (TPSA) is 34.1 Å². The first-order valence-electron chi connectivity index (χ1n) is 6.63. The Morgan fingerprint density at radius 3 is 3.00 bits per heavy atom. The van der Waals surface area contributed by atoms with Crippen LogP contribution in [0.25, 0.3) is 0 Å². The second-order valence-electron chi connectivity index (χ2n) is 4.81. The molecule has 0 amide bonds. The highest BCUT2D eigenvalue weighted by Crippen LogP contribution is 2.20. The maximum absolute atomic E-state index is 5.90. The summed E-state index contributed by atoms with van der Waals surface area (Å²) in [6, 6.07) is 4.13. The summed E-state index contributed by atoms with van der Waals surface area (Å²) in [7, 11) is 0. The minimum absolute atomic E-state index is 0.306. The number of rotatable bonds is 4. The molecule has 1 N–H and O–H groups in total. The van der Waals surface area contributed by atoms with Crippen molar-refractivity contribution in [1.29, 1.82) is 0 Å². The molecule has 1 fully saturated rings. The van der Waals surface area contributed by atoms with Gasteiger partial charge < -0.3 is 10.1 Å². The predicted molar refractivity (Wildman–Crippen MR) is 69.5 cm³/mol. The number of pyridine rings is 1. The zero-order valence-corrected chi connectivity index (χ0v) is 10.8. The van der Waals surface area contributed by atoms with Crippen LogP contribution in [0.3, 0.4) is 0 Å². The first-order valence-corrected chi connectivity index (χ1v) is 6.63. The van der Waals surface area contributed by atoms with Crippen molar-refractivity contribution in [1.82, 2.24) is 10.3 Å². The van der Waals surface area contributed by atoms with E-state index in [1.165, 1.54) is 6.42 Å². The Kier molecular flexibility index (Phi) is 4.37. The van der Waals surface area contributed by atoms with Gasteiger partial charge in [-0.15, -0.1) is 0 Å². The van der Waals surface area contributed by atoms with E-state index in [1.54, 1.807) is 0 Å². The van der Waals surface area contributed by atoms with Gasteiger partial charge in [-0.2, -0.15) is 0 Å². The van der Waals surface area contributed by atoms with Crippen LogP contribution in [-0.4, -0.2) is 24.2 Å². The summed E-state index contributed by atoms with van der Waals surface area (Å²) < 4.78 is 5.90. The number of nitrogens with zero attached hydrogens (tertiary/aromatic N) is 1. The zero-order chi connectivity index (χ0) is 12.1. The van der Waals surface area contributed by atoms with Crippen molar-refractivity contribution in [2.45, 2.75) is 45.1 Å². The van der Waals surface area contributed by atoms with Gasteiger partial charge in [0.2, 0.25) is 0 Å². The molecule has 1 aliphatic rings. The van der Waals surface area contributed by atoms with Gasteiger partial charge in [0.05, 0.1) is 6.20 Å². The molecule has 0 radical (unpaired) electrons. The minimum atomic E-state index is 0.306. The highest BCUT2D eigenvalue weighted by atomic mass is 16.5. The van der Waals surface area contributed by atoms with Crippen LogP contribution >= 0.6 is 0 Å². The zero-order valence-electron chi connectivity index (χ0n) is 10.8. The molecule has 1 aromatic rings. The number of hydrogen-bond acceptors (Lipinski definition) is 3. The molecule has 1 aromatic heterocycles. The summed E-state index contributed by atoms with van der Waals surface area (Å²) in [5.74, 6) is 1.42. The van der Waals surface area contributed by atoms with Crippen molar-refractivity contribution in [3.05, 3.63) is 24.0 Å². The molecule has 3 heteroatoms. The lowest BCUT2D eigenvalue weighted by molar-refractivity contribution is 0.166. The van der Waals surface area contributed by atoms with Crippen LogP contribution in [0.15, 0.2) is 18.3 Å². The Labute approximate surface area is 104 Å². The Morgan fingerprint density at radius 2 is 2.41 bits per heavy atom. The molecular weight excluding hydrogens is 212 g/mol. The van der Waals surface area contributed by atoms with E-state index in [1.807, 2.05) is 12.3 Å². The van der Waals surface area contributed by atoms with Gasteiger partial charge >= 0.3 is 0 Å². The van der Waals surface area contributed by atoms with Crippen LogP contribution in [0.2, 0.25) is 0 Å². The number of nitrogens with one attached hydrogen (secondary N) is 1. The molecule has 0 spiro atoms. The lowest BCUT2D eigenvalue weighted by Crippen LogP contribution is -2.37. The van der Waals surface area contributed by atoms with Crippen molar-refractivity contribution >= 4 is 0 Å². The van der Waals surface area contributed by atoms with Gasteiger partial charge in [-0.05, 0) is 43.9 Å². The summed E-state index contributed by atoms with van der Waals surface area (Å²) in [5.41, 5.74) is 1.15. The van der Waals surface area contributed by atoms with Crippen molar-refractivity contribution in [2.75, 3.05) is 13.1 Å². The minimum Gasteiger partial charge on any atom is -0.487 e. The third kappa shape index (κ3) is 3.43. The molecule has 2 heterocycles. The fraction of sp³-hybridized carbons (Fsp3) is 0.643.